The number of anilines is 2. The van der Waals surface area contributed by atoms with Crippen LogP contribution in [-0.2, 0) is 10.9 Å². The van der Waals surface area contributed by atoms with Gasteiger partial charge in [0.25, 0.3) is 0 Å². The molecule has 1 aliphatic heterocycles. The molecule has 0 aliphatic carbocycles. The number of halogens is 3. The van der Waals surface area contributed by atoms with Gasteiger partial charge in [0.05, 0.1) is 11.7 Å². The SMILES string of the molecule is CC1CC(Nc2ccc(N)cc2C(F)(F)F)CCO1. The number of benzene rings is 1. The van der Waals surface area contributed by atoms with E-state index in [0.29, 0.717) is 19.4 Å². The summed E-state index contributed by atoms with van der Waals surface area (Å²) in [7, 11) is 0. The van der Waals surface area contributed by atoms with E-state index in [1.165, 1.54) is 12.1 Å². The first-order valence-corrected chi connectivity index (χ1v) is 6.21. The first-order chi connectivity index (χ1) is 8.86. The smallest absolute Gasteiger partial charge is 0.399 e. The molecule has 2 unspecified atom stereocenters. The topological polar surface area (TPSA) is 47.3 Å². The van der Waals surface area contributed by atoms with Gasteiger partial charge in [-0.2, -0.15) is 13.2 Å². The molecule has 2 rings (SSSR count). The van der Waals surface area contributed by atoms with Gasteiger partial charge in [-0.25, -0.2) is 0 Å². The Labute approximate surface area is 109 Å². The van der Waals surface area contributed by atoms with Gasteiger partial charge in [-0.3, -0.25) is 0 Å². The molecule has 0 saturated carbocycles. The number of nitrogen functional groups attached to an aromatic ring is 1. The minimum atomic E-state index is -4.41. The molecule has 1 aromatic rings. The lowest BCUT2D eigenvalue weighted by molar-refractivity contribution is -0.136. The van der Waals surface area contributed by atoms with E-state index in [9.17, 15) is 13.2 Å². The molecule has 1 fully saturated rings. The van der Waals surface area contributed by atoms with Crippen LogP contribution in [0.3, 0.4) is 0 Å². The molecule has 19 heavy (non-hydrogen) atoms. The van der Waals surface area contributed by atoms with Gasteiger partial charge in [0, 0.05) is 24.0 Å². The third-order valence-electron chi connectivity index (χ3n) is 3.19. The molecule has 0 aromatic heterocycles. The van der Waals surface area contributed by atoms with Crippen LogP contribution < -0.4 is 11.1 Å². The zero-order chi connectivity index (χ0) is 14.0. The van der Waals surface area contributed by atoms with Crippen LogP contribution in [0.15, 0.2) is 18.2 Å². The summed E-state index contributed by atoms with van der Waals surface area (Å²) < 4.78 is 44.2. The van der Waals surface area contributed by atoms with Crippen LogP contribution in [0.1, 0.15) is 25.3 Å². The van der Waals surface area contributed by atoms with Crippen molar-refractivity contribution >= 4 is 11.4 Å². The molecule has 106 valence electrons. The van der Waals surface area contributed by atoms with Crippen LogP contribution in [0.5, 0.6) is 0 Å². The normalized spacial score (nSPS) is 24.2. The highest BCUT2D eigenvalue weighted by atomic mass is 19.4. The maximum atomic E-state index is 12.9. The molecular weight excluding hydrogens is 257 g/mol. The first kappa shape index (κ1) is 14.0. The second-order valence-corrected chi connectivity index (χ2v) is 4.85. The van der Waals surface area contributed by atoms with Crippen molar-refractivity contribution in [2.24, 2.45) is 0 Å². The Balaban J connectivity index is 2.20. The Hall–Kier alpha value is -1.43. The van der Waals surface area contributed by atoms with Crippen molar-refractivity contribution in [1.29, 1.82) is 0 Å². The molecule has 3 nitrogen and oxygen atoms in total. The molecular formula is C13H17F3N2O. The minimum absolute atomic E-state index is 0.00604. The zero-order valence-corrected chi connectivity index (χ0v) is 10.6. The molecule has 6 heteroatoms. The predicted molar refractivity (Wildman–Crippen MR) is 67.9 cm³/mol. The van der Waals surface area contributed by atoms with Crippen molar-refractivity contribution in [3.05, 3.63) is 23.8 Å². The van der Waals surface area contributed by atoms with Gasteiger partial charge < -0.3 is 15.8 Å². The van der Waals surface area contributed by atoms with Gasteiger partial charge in [-0.15, -0.1) is 0 Å². The Kier molecular flexibility index (Phi) is 3.89. The monoisotopic (exact) mass is 274 g/mol. The van der Waals surface area contributed by atoms with E-state index in [0.717, 1.165) is 6.07 Å². The maximum absolute atomic E-state index is 12.9. The fourth-order valence-corrected chi connectivity index (χ4v) is 2.27. The number of ether oxygens (including phenoxy) is 1. The highest BCUT2D eigenvalue weighted by Crippen LogP contribution is 2.36. The van der Waals surface area contributed by atoms with E-state index in [4.69, 9.17) is 10.5 Å². The van der Waals surface area contributed by atoms with E-state index in [1.54, 1.807) is 0 Å². The molecule has 1 saturated heterocycles. The summed E-state index contributed by atoms with van der Waals surface area (Å²) in [6.07, 6.45) is -2.95. The third kappa shape index (κ3) is 3.53. The largest absolute Gasteiger partial charge is 0.418 e. The van der Waals surface area contributed by atoms with Crippen molar-refractivity contribution in [3.8, 4) is 0 Å². The van der Waals surface area contributed by atoms with E-state index in [-0.39, 0.29) is 23.5 Å². The maximum Gasteiger partial charge on any atom is 0.418 e. The summed E-state index contributed by atoms with van der Waals surface area (Å²) in [4.78, 5) is 0. The molecule has 1 heterocycles. The Bertz CT molecular complexity index is 448. The lowest BCUT2D eigenvalue weighted by atomic mass is 10.0. The van der Waals surface area contributed by atoms with Crippen LogP contribution in [0.25, 0.3) is 0 Å². The van der Waals surface area contributed by atoms with E-state index in [2.05, 4.69) is 5.32 Å². The number of nitrogens with two attached hydrogens (primary N) is 1. The van der Waals surface area contributed by atoms with Crippen molar-refractivity contribution in [3.63, 3.8) is 0 Å². The second-order valence-electron chi connectivity index (χ2n) is 4.85. The lowest BCUT2D eigenvalue weighted by Crippen LogP contribution is -2.33. The fraction of sp³-hybridized carbons (Fsp3) is 0.538. The number of alkyl halides is 3. The van der Waals surface area contributed by atoms with E-state index < -0.39 is 11.7 Å². The number of hydrogen-bond donors (Lipinski definition) is 2. The quantitative estimate of drug-likeness (QED) is 0.814. The van der Waals surface area contributed by atoms with Gasteiger partial charge in [0.1, 0.15) is 0 Å². The number of rotatable bonds is 2. The van der Waals surface area contributed by atoms with E-state index >= 15 is 0 Å². The predicted octanol–water partition coefficient (Wildman–Crippen LogP) is 3.27. The Morgan fingerprint density at radius 2 is 2.11 bits per heavy atom. The highest BCUT2D eigenvalue weighted by Gasteiger charge is 2.34. The number of nitrogens with one attached hydrogen (secondary N) is 1. The number of hydrogen-bond acceptors (Lipinski definition) is 3. The summed E-state index contributed by atoms with van der Waals surface area (Å²) >= 11 is 0. The zero-order valence-electron chi connectivity index (χ0n) is 10.6. The lowest BCUT2D eigenvalue weighted by Gasteiger charge is -2.29. The van der Waals surface area contributed by atoms with Gasteiger partial charge in [0.2, 0.25) is 0 Å². The van der Waals surface area contributed by atoms with Gasteiger partial charge in [-0.05, 0) is 38.0 Å². The summed E-state index contributed by atoms with van der Waals surface area (Å²) in [5.41, 5.74) is 4.91. The molecule has 0 spiro atoms. The molecule has 0 bridgehead atoms. The second kappa shape index (κ2) is 5.28. The van der Waals surface area contributed by atoms with Gasteiger partial charge in [-0.1, -0.05) is 0 Å². The molecule has 0 amide bonds. The highest BCUT2D eigenvalue weighted by molar-refractivity contribution is 5.59. The summed E-state index contributed by atoms with van der Waals surface area (Å²) in [5, 5.41) is 2.96. The Morgan fingerprint density at radius 3 is 2.74 bits per heavy atom. The van der Waals surface area contributed by atoms with Crippen LogP contribution in [-0.4, -0.2) is 18.8 Å². The fourth-order valence-electron chi connectivity index (χ4n) is 2.27. The molecule has 1 aliphatic rings. The first-order valence-electron chi connectivity index (χ1n) is 6.21. The van der Waals surface area contributed by atoms with Crippen LogP contribution in [0, 0.1) is 0 Å². The molecule has 1 aromatic carbocycles. The van der Waals surface area contributed by atoms with Gasteiger partial charge >= 0.3 is 6.18 Å². The summed E-state index contributed by atoms with van der Waals surface area (Å²) in [5.74, 6) is 0. The van der Waals surface area contributed by atoms with Gasteiger partial charge in [0.15, 0.2) is 0 Å². The third-order valence-corrected chi connectivity index (χ3v) is 3.19. The van der Waals surface area contributed by atoms with Crippen LogP contribution >= 0.6 is 0 Å². The average Bonchev–Trinajstić information content (AvgIpc) is 2.30. The van der Waals surface area contributed by atoms with Crippen molar-refractivity contribution in [1.82, 2.24) is 0 Å². The van der Waals surface area contributed by atoms with Crippen molar-refractivity contribution < 1.29 is 17.9 Å². The summed E-state index contributed by atoms with van der Waals surface area (Å²) in [6, 6.07) is 3.82. The minimum Gasteiger partial charge on any atom is -0.399 e. The van der Waals surface area contributed by atoms with Crippen LogP contribution in [0.4, 0.5) is 24.5 Å². The van der Waals surface area contributed by atoms with Crippen molar-refractivity contribution in [2.75, 3.05) is 17.7 Å². The average molecular weight is 274 g/mol. The van der Waals surface area contributed by atoms with E-state index in [1.807, 2.05) is 6.92 Å². The van der Waals surface area contributed by atoms with Crippen molar-refractivity contribution in [2.45, 2.75) is 38.1 Å². The Morgan fingerprint density at radius 1 is 1.37 bits per heavy atom. The molecule has 0 radical (unpaired) electrons. The van der Waals surface area contributed by atoms with Crippen LogP contribution in [0.2, 0.25) is 0 Å². The molecule has 3 N–H and O–H groups in total. The standard InChI is InChI=1S/C13H17F3N2O/c1-8-6-10(4-5-19-8)18-12-3-2-9(17)7-11(12)13(14,15)16/h2-3,7-8,10,18H,4-6,17H2,1H3. The summed E-state index contributed by atoms with van der Waals surface area (Å²) in [6.45, 7) is 2.48. The molecule has 2 atom stereocenters.